The Balaban J connectivity index is 1.16. The first-order chi connectivity index (χ1) is 16.2. The van der Waals surface area contributed by atoms with Crippen molar-refractivity contribution < 1.29 is 14.6 Å². The number of hydrogen-bond acceptors (Lipinski definition) is 5. The Morgan fingerprint density at radius 1 is 0.939 bits per heavy atom. The van der Waals surface area contributed by atoms with E-state index < -0.39 is 0 Å². The molecule has 0 bridgehead atoms. The largest absolute Gasteiger partial charge is 0.506 e. The second-order valence-corrected chi connectivity index (χ2v) is 8.63. The van der Waals surface area contributed by atoms with Crippen molar-refractivity contribution in [3.8, 4) is 5.75 Å². The van der Waals surface area contributed by atoms with Crippen LogP contribution in [0.1, 0.15) is 0 Å². The van der Waals surface area contributed by atoms with Gasteiger partial charge in [-0.15, -0.1) is 0 Å². The summed E-state index contributed by atoms with van der Waals surface area (Å²) in [6.07, 6.45) is 2.12. The molecule has 2 saturated heterocycles. The van der Waals surface area contributed by atoms with Gasteiger partial charge in [-0.2, -0.15) is 0 Å². The molecule has 2 aliphatic rings. The first kappa shape index (κ1) is 21.6. The molecule has 2 amide bonds. The van der Waals surface area contributed by atoms with E-state index in [4.69, 9.17) is 4.74 Å². The molecule has 0 radical (unpaired) electrons. The van der Waals surface area contributed by atoms with Gasteiger partial charge in [0.15, 0.2) is 0 Å². The number of phenolic OH excluding ortho intramolecular Hbond substituents is 1. The van der Waals surface area contributed by atoms with Crippen molar-refractivity contribution in [3.63, 3.8) is 0 Å². The van der Waals surface area contributed by atoms with Crippen LogP contribution < -0.4 is 10.2 Å². The van der Waals surface area contributed by atoms with Gasteiger partial charge in [-0.3, -0.25) is 4.90 Å². The predicted octanol–water partition coefficient (Wildman–Crippen LogP) is 3.03. The molecule has 174 valence electrons. The maximum atomic E-state index is 12.8. The van der Waals surface area contributed by atoms with E-state index in [1.807, 2.05) is 35.2 Å². The maximum Gasteiger partial charge on any atom is 0.321 e. The molecule has 33 heavy (non-hydrogen) atoms. The summed E-state index contributed by atoms with van der Waals surface area (Å²) in [6, 6.07) is 15.5. The Labute approximate surface area is 193 Å². The lowest BCUT2D eigenvalue weighted by molar-refractivity contribution is 0.0365. The minimum Gasteiger partial charge on any atom is -0.506 e. The molecule has 5 rings (SSSR count). The molecule has 1 aromatic heterocycles. The fraction of sp³-hybridized carbons (Fsp3) is 0.400. The molecular weight excluding hydrogens is 418 g/mol. The molecule has 8 heteroatoms. The number of phenols is 1. The second-order valence-electron chi connectivity index (χ2n) is 8.63. The lowest BCUT2D eigenvalue weighted by Crippen LogP contribution is -2.50. The van der Waals surface area contributed by atoms with Gasteiger partial charge in [0.1, 0.15) is 5.75 Å². The summed E-state index contributed by atoms with van der Waals surface area (Å²) in [4.78, 5) is 19.2. The van der Waals surface area contributed by atoms with Gasteiger partial charge < -0.3 is 29.5 Å². The first-order valence-electron chi connectivity index (χ1n) is 11.7. The number of nitrogens with zero attached hydrogens (tertiary/aromatic N) is 4. The number of nitrogens with one attached hydrogen (secondary N) is 1. The van der Waals surface area contributed by atoms with Crippen LogP contribution in [0.2, 0.25) is 0 Å². The number of benzene rings is 2. The third-order valence-corrected chi connectivity index (χ3v) is 6.57. The molecule has 8 nitrogen and oxygen atoms in total. The zero-order valence-corrected chi connectivity index (χ0v) is 18.8. The fourth-order valence-electron chi connectivity index (χ4n) is 4.63. The van der Waals surface area contributed by atoms with Gasteiger partial charge in [0.2, 0.25) is 0 Å². The van der Waals surface area contributed by atoms with E-state index in [9.17, 15) is 9.90 Å². The molecule has 2 fully saturated rings. The number of rotatable bonds is 5. The average Bonchev–Trinajstić information content (AvgIpc) is 3.26. The number of para-hydroxylation sites is 2. The second kappa shape index (κ2) is 9.72. The van der Waals surface area contributed by atoms with Crippen LogP contribution >= 0.6 is 0 Å². The summed E-state index contributed by atoms with van der Waals surface area (Å²) in [6.45, 7) is 8.19. The molecular formula is C25H31N5O3. The maximum absolute atomic E-state index is 12.8. The highest BCUT2D eigenvalue weighted by Gasteiger charge is 2.22. The number of fused-ring (bicyclic) bond motifs is 1. The summed E-state index contributed by atoms with van der Waals surface area (Å²) < 4.78 is 7.70. The Morgan fingerprint density at radius 2 is 1.73 bits per heavy atom. The van der Waals surface area contributed by atoms with Gasteiger partial charge in [0.25, 0.3) is 0 Å². The molecule has 0 saturated carbocycles. The van der Waals surface area contributed by atoms with Crippen LogP contribution in [0.3, 0.4) is 0 Å². The van der Waals surface area contributed by atoms with Crippen LogP contribution in [0.15, 0.2) is 54.7 Å². The Hall–Kier alpha value is -3.23. The monoisotopic (exact) mass is 449 g/mol. The Morgan fingerprint density at radius 3 is 2.52 bits per heavy atom. The van der Waals surface area contributed by atoms with Gasteiger partial charge in [0.05, 0.1) is 18.9 Å². The van der Waals surface area contributed by atoms with Crippen LogP contribution in [-0.4, -0.2) is 84.5 Å². The number of ether oxygens (including phenoxy) is 1. The lowest BCUT2D eigenvalue weighted by atomic mass is 10.2. The molecule has 2 aliphatic heterocycles. The quantitative estimate of drug-likeness (QED) is 0.627. The highest BCUT2D eigenvalue weighted by Crippen LogP contribution is 2.27. The lowest BCUT2D eigenvalue weighted by Gasteiger charge is -2.36. The summed E-state index contributed by atoms with van der Waals surface area (Å²) >= 11 is 0. The van der Waals surface area contributed by atoms with Gasteiger partial charge in [0, 0.05) is 75.1 Å². The third kappa shape index (κ3) is 4.91. The van der Waals surface area contributed by atoms with Crippen molar-refractivity contribution >= 4 is 28.3 Å². The summed E-state index contributed by atoms with van der Waals surface area (Å²) in [7, 11) is 0. The topological polar surface area (TPSA) is 73.2 Å². The van der Waals surface area contributed by atoms with Crippen molar-refractivity contribution in [3.05, 3.63) is 54.7 Å². The molecule has 0 aliphatic carbocycles. The van der Waals surface area contributed by atoms with E-state index in [0.717, 1.165) is 56.2 Å². The Kier molecular flexibility index (Phi) is 6.37. The fourth-order valence-corrected chi connectivity index (χ4v) is 4.63. The summed E-state index contributed by atoms with van der Waals surface area (Å²) in [5.41, 5.74) is 2.81. The van der Waals surface area contributed by atoms with E-state index in [2.05, 4.69) is 38.0 Å². The summed E-state index contributed by atoms with van der Waals surface area (Å²) in [5, 5.41) is 14.3. The van der Waals surface area contributed by atoms with E-state index in [0.29, 0.717) is 26.2 Å². The van der Waals surface area contributed by atoms with Crippen LogP contribution in [0.25, 0.3) is 10.9 Å². The number of aromatic hydroxyl groups is 1. The average molecular weight is 450 g/mol. The highest BCUT2D eigenvalue weighted by molar-refractivity contribution is 5.93. The minimum atomic E-state index is -0.0852. The first-order valence-corrected chi connectivity index (χ1v) is 11.7. The van der Waals surface area contributed by atoms with Crippen molar-refractivity contribution in [2.24, 2.45) is 0 Å². The number of urea groups is 1. The molecule has 2 N–H and O–H groups in total. The van der Waals surface area contributed by atoms with Crippen molar-refractivity contribution in [2.75, 3.05) is 69.2 Å². The molecule has 0 atom stereocenters. The number of piperazine rings is 1. The van der Waals surface area contributed by atoms with Crippen molar-refractivity contribution in [1.82, 2.24) is 14.4 Å². The molecule has 3 heterocycles. The number of carbonyl (C=O) groups is 1. The molecule has 2 aromatic carbocycles. The van der Waals surface area contributed by atoms with Gasteiger partial charge in [-0.25, -0.2) is 4.79 Å². The molecule has 3 aromatic rings. The number of amides is 2. The van der Waals surface area contributed by atoms with Gasteiger partial charge in [-0.1, -0.05) is 12.1 Å². The van der Waals surface area contributed by atoms with E-state index >= 15 is 0 Å². The highest BCUT2D eigenvalue weighted by atomic mass is 16.5. The van der Waals surface area contributed by atoms with Crippen molar-refractivity contribution in [1.29, 1.82) is 0 Å². The van der Waals surface area contributed by atoms with Crippen molar-refractivity contribution in [2.45, 2.75) is 6.54 Å². The molecule has 0 spiro atoms. The normalized spacial score (nSPS) is 17.5. The number of morpholine rings is 1. The zero-order valence-electron chi connectivity index (χ0n) is 18.8. The standard InChI is InChI=1S/C25H31N5O3/c31-24-4-2-1-3-23(24)29-11-13-30(14-12-29)25(32)26-21-5-6-22-20(19-21)7-8-28(22)10-9-27-15-17-33-18-16-27/h1-8,19,31H,9-18H2,(H,26,32). The smallest absolute Gasteiger partial charge is 0.321 e. The van der Waals surface area contributed by atoms with Gasteiger partial charge in [-0.05, 0) is 36.4 Å². The van der Waals surface area contributed by atoms with E-state index in [-0.39, 0.29) is 11.8 Å². The van der Waals surface area contributed by atoms with E-state index in [1.54, 1.807) is 6.07 Å². The predicted molar refractivity (Wildman–Crippen MR) is 130 cm³/mol. The number of anilines is 2. The SMILES string of the molecule is O=C(Nc1ccc2c(ccn2CCN2CCOCC2)c1)N1CCN(c2ccccc2O)CC1. The Bertz CT molecular complexity index is 1100. The minimum absolute atomic E-state index is 0.0852. The van der Waals surface area contributed by atoms with E-state index in [1.165, 1.54) is 5.52 Å². The summed E-state index contributed by atoms with van der Waals surface area (Å²) in [5.74, 6) is 0.278. The third-order valence-electron chi connectivity index (χ3n) is 6.57. The molecule has 0 unspecified atom stereocenters. The number of carbonyl (C=O) groups excluding carboxylic acids is 1. The van der Waals surface area contributed by atoms with Crippen LogP contribution in [0, 0.1) is 0 Å². The van der Waals surface area contributed by atoms with Crippen LogP contribution in [0.5, 0.6) is 5.75 Å². The van der Waals surface area contributed by atoms with Crippen LogP contribution in [-0.2, 0) is 11.3 Å². The van der Waals surface area contributed by atoms with Gasteiger partial charge >= 0.3 is 6.03 Å². The zero-order chi connectivity index (χ0) is 22.6. The number of aromatic nitrogens is 1. The van der Waals surface area contributed by atoms with Crippen LogP contribution in [0.4, 0.5) is 16.2 Å². The number of hydrogen-bond donors (Lipinski definition) is 2.